The predicted octanol–water partition coefficient (Wildman–Crippen LogP) is 5.81. The number of aryl methyl sites for hydroxylation is 1. The van der Waals surface area contributed by atoms with Crippen molar-refractivity contribution < 1.29 is 18.7 Å². The second kappa shape index (κ2) is 10.1. The number of anilines is 1. The first kappa shape index (κ1) is 24.0. The summed E-state index contributed by atoms with van der Waals surface area (Å²) in [4.78, 5) is 28.1. The Morgan fingerprint density at radius 3 is 2.56 bits per heavy atom. The van der Waals surface area contributed by atoms with E-state index < -0.39 is 6.10 Å². The summed E-state index contributed by atoms with van der Waals surface area (Å²) >= 11 is 0. The van der Waals surface area contributed by atoms with Crippen LogP contribution in [0.5, 0.6) is 5.75 Å². The minimum Gasteiger partial charge on any atom is -0.481 e. The van der Waals surface area contributed by atoms with Crippen molar-refractivity contribution in [3.63, 3.8) is 0 Å². The lowest BCUT2D eigenvalue weighted by molar-refractivity contribution is -0.134. The predicted molar refractivity (Wildman–Crippen MR) is 137 cm³/mol. The lowest BCUT2D eigenvalue weighted by Crippen LogP contribution is -2.41. The number of hydrogen-bond donors (Lipinski definition) is 1. The Kier molecular flexibility index (Phi) is 6.77. The Balaban J connectivity index is 1.42. The van der Waals surface area contributed by atoms with E-state index in [1.54, 1.807) is 12.1 Å². The third-order valence-corrected chi connectivity index (χ3v) is 6.97. The molecule has 2 aliphatic rings. The first-order valence-electron chi connectivity index (χ1n) is 12.7. The van der Waals surface area contributed by atoms with Crippen LogP contribution in [-0.4, -0.2) is 29.4 Å². The van der Waals surface area contributed by atoms with Gasteiger partial charge in [0.15, 0.2) is 6.10 Å². The third-order valence-electron chi connectivity index (χ3n) is 6.97. The minimum atomic E-state index is -0.666. The molecule has 0 saturated heterocycles. The molecule has 5 rings (SSSR count). The van der Waals surface area contributed by atoms with Crippen molar-refractivity contribution in [1.29, 1.82) is 0 Å². The molecule has 2 amide bonds. The topological polar surface area (TPSA) is 58.6 Å². The Morgan fingerprint density at radius 2 is 1.86 bits per heavy atom. The van der Waals surface area contributed by atoms with E-state index >= 15 is 0 Å². The number of nitrogens with zero attached hydrogens (tertiary/aromatic N) is 1. The number of carbonyl (C=O) groups excluding carboxylic acids is 2. The number of benzene rings is 3. The number of fused-ring (bicyclic) bond motifs is 1. The van der Waals surface area contributed by atoms with Crippen LogP contribution in [0.3, 0.4) is 0 Å². The smallest absolute Gasteiger partial charge is 0.265 e. The standard InChI is InChI=1S/C30H31FN2O3/c1-3-27(29(34)32-24-6-4-5-19(2)17-24)36-25-14-11-20-15-16-33(30(35)22-7-8-22)28(26(20)18-25)21-9-12-23(31)13-10-21/h4-6,9-14,17-18,22,27-28H,3,7-8,15-16H2,1-2H3,(H,32,34)/t27-,28+/m1/s1. The number of rotatable bonds is 7. The number of nitrogens with one attached hydrogen (secondary N) is 1. The number of carbonyl (C=O) groups is 2. The van der Waals surface area contributed by atoms with Crippen molar-refractivity contribution in [2.75, 3.05) is 11.9 Å². The highest BCUT2D eigenvalue weighted by Gasteiger charge is 2.39. The van der Waals surface area contributed by atoms with E-state index in [2.05, 4.69) is 5.32 Å². The highest BCUT2D eigenvalue weighted by Crippen LogP contribution is 2.41. The van der Waals surface area contributed by atoms with E-state index in [-0.39, 0.29) is 29.6 Å². The molecule has 1 heterocycles. The lowest BCUT2D eigenvalue weighted by atomic mass is 9.87. The number of ether oxygens (including phenoxy) is 1. The van der Waals surface area contributed by atoms with Crippen molar-refractivity contribution in [1.82, 2.24) is 4.90 Å². The molecule has 0 spiro atoms. The number of halogens is 1. The normalized spacial score (nSPS) is 17.8. The molecule has 0 bridgehead atoms. The summed E-state index contributed by atoms with van der Waals surface area (Å²) in [6, 6.07) is 19.6. The summed E-state index contributed by atoms with van der Waals surface area (Å²) in [5, 5.41) is 2.95. The zero-order valence-electron chi connectivity index (χ0n) is 20.7. The monoisotopic (exact) mass is 486 g/mol. The van der Waals surface area contributed by atoms with E-state index in [0.717, 1.165) is 47.2 Å². The van der Waals surface area contributed by atoms with E-state index in [1.165, 1.54) is 12.1 Å². The fourth-order valence-electron chi connectivity index (χ4n) is 4.91. The van der Waals surface area contributed by atoms with Crippen molar-refractivity contribution in [3.05, 3.63) is 94.8 Å². The van der Waals surface area contributed by atoms with Crippen LogP contribution in [0.2, 0.25) is 0 Å². The molecule has 1 saturated carbocycles. The van der Waals surface area contributed by atoms with Crippen LogP contribution in [0, 0.1) is 18.7 Å². The second-order valence-electron chi connectivity index (χ2n) is 9.74. The molecular weight excluding hydrogens is 455 g/mol. The largest absolute Gasteiger partial charge is 0.481 e. The average Bonchev–Trinajstić information content (AvgIpc) is 3.72. The average molecular weight is 487 g/mol. The van der Waals surface area contributed by atoms with Gasteiger partial charge in [-0.2, -0.15) is 0 Å². The maximum atomic E-state index is 13.7. The van der Waals surface area contributed by atoms with Gasteiger partial charge in [0.2, 0.25) is 5.91 Å². The van der Waals surface area contributed by atoms with Crippen LogP contribution in [0.15, 0.2) is 66.7 Å². The first-order chi connectivity index (χ1) is 17.4. The second-order valence-corrected chi connectivity index (χ2v) is 9.74. The third kappa shape index (κ3) is 5.13. The van der Waals surface area contributed by atoms with Gasteiger partial charge >= 0.3 is 0 Å². The Hall–Kier alpha value is -3.67. The van der Waals surface area contributed by atoms with Crippen molar-refractivity contribution >= 4 is 17.5 Å². The van der Waals surface area contributed by atoms with Gasteiger partial charge in [0, 0.05) is 18.2 Å². The molecule has 2 atom stereocenters. The van der Waals surface area contributed by atoms with Crippen LogP contribution in [-0.2, 0) is 16.0 Å². The van der Waals surface area contributed by atoms with Crippen molar-refractivity contribution in [3.8, 4) is 5.75 Å². The van der Waals surface area contributed by atoms with Gasteiger partial charge in [-0.25, -0.2) is 4.39 Å². The highest BCUT2D eigenvalue weighted by atomic mass is 19.1. The molecular formula is C30H31FN2O3. The van der Waals surface area contributed by atoms with Crippen LogP contribution in [0.25, 0.3) is 0 Å². The lowest BCUT2D eigenvalue weighted by Gasteiger charge is -2.38. The molecule has 6 heteroatoms. The Morgan fingerprint density at radius 1 is 1.08 bits per heavy atom. The van der Waals surface area contributed by atoms with Crippen molar-refractivity contribution in [2.24, 2.45) is 5.92 Å². The molecule has 3 aromatic rings. The number of amides is 2. The molecule has 1 N–H and O–H groups in total. The van der Waals surface area contributed by atoms with Gasteiger partial charge in [0.1, 0.15) is 11.6 Å². The molecule has 0 radical (unpaired) electrons. The summed E-state index contributed by atoms with van der Waals surface area (Å²) < 4.78 is 19.9. The summed E-state index contributed by atoms with van der Waals surface area (Å²) in [6.07, 6.45) is 2.44. The zero-order chi connectivity index (χ0) is 25.2. The molecule has 3 aromatic carbocycles. The van der Waals surface area contributed by atoms with Gasteiger partial charge < -0.3 is 15.0 Å². The minimum absolute atomic E-state index is 0.0868. The summed E-state index contributed by atoms with van der Waals surface area (Å²) in [5.74, 6) is 0.306. The summed E-state index contributed by atoms with van der Waals surface area (Å²) in [7, 11) is 0. The van der Waals surface area contributed by atoms with Gasteiger partial charge in [0.05, 0.1) is 6.04 Å². The van der Waals surface area contributed by atoms with Crippen LogP contribution in [0.1, 0.15) is 54.5 Å². The highest BCUT2D eigenvalue weighted by molar-refractivity contribution is 5.94. The van der Waals surface area contributed by atoms with Gasteiger partial charge in [0.25, 0.3) is 5.91 Å². The Bertz CT molecular complexity index is 1270. The van der Waals surface area contributed by atoms with Crippen LogP contribution < -0.4 is 10.1 Å². The molecule has 186 valence electrons. The molecule has 1 fully saturated rings. The zero-order valence-corrected chi connectivity index (χ0v) is 20.7. The van der Waals surface area contributed by atoms with Gasteiger partial charge in [-0.1, -0.05) is 37.3 Å². The maximum absolute atomic E-state index is 13.7. The van der Waals surface area contributed by atoms with Gasteiger partial charge in [-0.3, -0.25) is 9.59 Å². The van der Waals surface area contributed by atoms with E-state index in [4.69, 9.17) is 4.74 Å². The first-order valence-corrected chi connectivity index (χ1v) is 12.7. The van der Waals surface area contributed by atoms with Crippen molar-refractivity contribution in [2.45, 2.75) is 51.7 Å². The van der Waals surface area contributed by atoms with Gasteiger partial charge in [-0.15, -0.1) is 0 Å². The van der Waals surface area contributed by atoms with Crippen LogP contribution in [0.4, 0.5) is 10.1 Å². The molecule has 1 aliphatic carbocycles. The number of hydrogen-bond acceptors (Lipinski definition) is 3. The van der Waals surface area contributed by atoms with E-state index in [0.29, 0.717) is 18.7 Å². The molecule has 1 aliphatic heterocycles. The SMILES string of the molecule is CC[C@@H](Oc1ccc2c(c1)[C@H](c1ccc(F)cc1)N(C(=O)C1CC1)CC2)C(=O)Nc1cccc(C)c1. The molecule has 5 nitrogen and oxygen atoms in total. The fraction of sp³-hybridized carbons (Fsp3) is 0.333. The van der Waals surface area contributed by atoms with E-state index in [1.807, 2.05) is 61.2 Å². The Labute approximate surface area is 211 Å². The quantitative estimate of drug-likeness (QED) is 0.458. The van der Waals surface area contributed by atoms with Crippen LogP contribution >= 0.6 is 0 Å². The van der Waals surface area contributed by atoms with Gasteiger partial charge in [-0.05, 0) is 91.3 Å². The fourth-order valence-corrected chi connectivity index (χ4v) is 4.91. The molecule has 0 unspecified atom stereocenters. The van der Waals surface area contributed by atoms with E-state index in [9.17, 15) is 14.0 Å². The summed E-state index contributed by atoms with van der Waals surface area (Å²) in [6.45, 7) is 4.52. The molecule has 0 aromatic heterocycles. The summed E-state index contributed by atoms with van der Waals surface area (Å²) in [5.41, 5.74) is 4.77. The molecule has 36 heavy (non-hydrogen) atoms. The maximum Gasteiger partial charge on any atom is 0.265 e.